The third-order valence-electron chi connectivity index (χ3n) is 3.91. The number of hydrogen-bond acceptors (Lipinski definition) is 3. The van der Waals surface area contributed by atoms with Crippen molar-refractivity contribution < 1.29 is 14.4 Å². The topological polar surface area (TPSA) is 57.7 Å². The summed E-state index contributed by atoms with van der Waals surface area (Å²) in [5.74, 6) is -1.27. The summed E-state index contributed by atoms with van der Waals surface area (Å²) in [4.78, 5) is 39.9. The fourth-order valence-corrected chi connectivity index (χ4v) is 2.91. The number of halogens is 1. The van der Waals surface area contributed by atoms with Crippen LogP contribution < -0.4 is 4.90 Å². The lowest BCUT2D eigenvalue weighted by atomic mass is 10.1. The monoisotopic (exact) mass is 342 g/mol. The van der Waals surface area contributed by atoms with Crippen molar-refractivity contribution in [2.75, 3.05) is 18.0 Å². The highest BCUT2D eigenvalue weighted by Crippen LogP contribution is 2.26. The summed E-state index contributed by atoms with van der Waals surface area (Å²) < 4.78 is 0. The SMILES string of the molecule is CCN(C(=O)CN1C(=O)c2ccc(Cl)cc2C1=O)c1ccccc1. The van der Waals surface area contributed by atoms with Gasteiger partial charge in [-0.3, -0.25) is 19.3 Å². The third-order valence-corrected chi connectivity index (χ3v) is 4.15. The molecule has 2 aromatic rings. The Kier molecular flexibility index (Phi) is 4.36. The number of rotatable bonds is 4. The standard InChI is InChI=1S/C18H15ClN2O3/c1-2-20(13-6-4-3-5-7-13)16(22)11-21-17(23)14-9-8-12(19)10-15(14)18(21)24/h3-10H,2,11H2,1H3. The zero-order valence-electron chi connectivity index (χ0n) is 13.0. The predicted octanol–water partition coefficient (Wildman–Crippen LogP) is 2.99. The first-order chi connectivity index (χ1) is 11.5. The highest BCUT2D eigenvalue weighted by atomic mass is 35.5. The Morgan fingerprint density at radius 2 is 1.71 bits per heavy atom. The van der Waals surface area contributed by atoms with Crippen molar-refractivity contribution in [2.24, 2.45) is 0 Å². The molecule has 0 bridgehead atoms. The fourth-order valence-electron chi connectivity index (χ4n) is 2.74. The van der Waals surface area contributed by atoms with Crippen LogP contribution in [0.2, 0.25) is 5.02 Å². The zero-order chi connectivity index (χ0) is 17.3. The molecule has 5 nitrogen and oxygen atoms in total. The lowest BCUT2D eigenvalue weighted by molar-refractivity contribution is -0.118. The van der Waals surface area contributed by atoms with Gasteiger partial charge in [0.05, 0.1) is 11.1 Å². The average Bonchev–Trinajstić information content (AvgIpc) is 2.81. The first-order valence-electron chi connectivity index (χ1n) is 7.54. The van der Waals surface area contributed by atoms with Crippen LogP contribution in [0, 0.1) is 0 Å². The van der Waals surface area contributed by atoms with Gasteiger partial charge in [0.1, 0.15) is 6.54 Å². The molecule has 24 heavy (non-hydrogen) atoms. The molecule has 0 radical (unpaired) electrons. The number of nitrogens with zero attached hydrogens (tertiary/aromatic N) is 2. The molecule has 0 aromatic heterocycles. The van der Waals surface area contributed by atoms with Gasteiger partial charge in [-0.15, -0.1) is 0 Å². The van der Waals surface area contributed by atoms with Crippen LogP contribution in [0.3, 0.4) is 0 Å². The van der Waals surface area contributed by atoms with Gasteiger partial charge in [-0.2, -0.15) is 0 Å². The number of hydrogen-bond donors (Lipinski definition) is 0. The second kappa shape index (κ2) is 6.45. The third kappa shape index (κ3) is 2.78. The Hall–Kier alpha value is -2.66. The van der Waals surface area contributed by atoms with E-state index in [-0.39, 0.29) is 23.6 Å². The average molecular weight is 343 g/mol. The van der Waals surface area contributed by atoms with Gasteiger partial charge in [0.2, 0.25) is 5.91 Å². The van der Waals surface area contributed by atoms with E-state index in [1.54, 1.807) is 6.07 Å². The first-order valence-corrected chi connectivity index (χ1v) is 7.92. The molecule has 2 aromatic carbocycles. The number of carbonyl (C=O) groups excluding carboxylic acids is 3. The minimum Gasteiger partial charge on any atom is -0.311 e. The van der Waals surface area contributed by atoms with Gasteiger partial charge in [-0.1, -0.05) is 29.8 Å². The molecule has 1 aliphatic heterocycles. The van der Waals surface area contributed by atoms with Gasteiger partial charge in [-0.25, -0.2) is 0 Å². The number of para-hydroxylation sites is 1. The lowest BCUT2D eigenvalue weighted by Crippen LogP contribution is -2.42. The molecule has 0 saturated heterocycles. The molecule has 6 heteroatoms. The number of imide groups is 1. The van der Waals surface area contributed by atoms with Crippen LogP contribution >= 0.6 is 11.6 Å². The Morgan fingerprint density at radius 1 is 1.04 bits per heavy atom. The maximum atomic E-state index is 12.6. The molecule has 1 heterocycles. The summed E-state index contributed by atoms with van der Waals surface area (Å²) in [5.41, 5.74) is 1.24. The summed E-state index contributed by atoms with van der Waals surface area (Å²) in [6, 6.07) is 13.7. The van der Waals surface area contributed by atoms with Crippen LogP contribution in [0.4, 0.5) is 5.69 Å². The van der Waals surface area contributed by atoms with E-state index in [1.165, 1.54) is 17.0 Å². The summed E-state index contributed by atoms with van der Waals surface area (Å²) in [6.45, 7) is 1.98. The molecular formula is C18H15ClN2O3. The molecule has 3 rings (SSSR count). The first kappa shape index (κ1) is 16.2. The van der Waals surface area contributed by atoms with Crippen LogP contribution in [0.1, 0.15) is 27.6 Å². The van der Waals surface area contributed by atoms with E-state index in [4.69, 9.17) is 11.6 Å². The molecular weight excluding hydrogens is 328 g/mol. The number of likely N-dealkylation sites (N-methyl/N-ethyl adjacent to an activating group) is 1. The van der Waals surface area contributed by atoms with Crippen molar-refractivity contribution in [1.82, 2.24) is 4.90 Å². The van der Waals surface area contributed by atoms with Crippen LogP contribution in [-0.2, 0) is 4.79 Å². The Morgan fingerprint density at radius 3 is 2.38 bits per heavy atom. The van der Waals surface area contributed by atoms with Crippen LogP contribution in [0.5, 0.6) is 0 Å². The maximum Gasteiger partial charge on any atom is 0.262 e. The molecule has 0 saturated carbocycles. The number of fused-ring (bicyclic) bond motifs is 1. The van der Waals surface area contributed by atoms with Gasteiger partial charge in [-0.05, 0) is 37.3 Å². The van der Waals surface area contributed by atoms with Gasteiger partial charge < -0.3 is 4.90 Å². The molecule has 0 N–H and O–H groups in total. The Labute approximate surface area is 144 Å². The summed E-state index contributed by atoms with van der Waals surface area (Å²) >= 11 is 5.89. The lowest BCUT2D eigenvalue weighted by Gasteiger charge is -2.23. The molecule has 3 amide bonds. The van der Waals surface area contributed by atoms with Crippen LogP contribution in [0.15, 0.2) is 48.5 Å². The Bertz CT molecular complexity index is 820. The minimum absolute atomic E-state index is 0.239. The molecule has 0 unspecified atom stereocenters. The summed E-state index contributed by atoms with van der Waals surface area (Å²) in [7, 11) is 0. The highest BCUT2D eigenvalue weighted by molar-refractivity contribution is 6.32. The minimum atomic E-state index is -0.491. The number of anilines is 1. The van der Waals surface area contributed by atoms with E-state index in [1.807, 2.05) is 37.3 Å². The van der Waals surface area contributed by atoms with Crippen molar-refractivity contribution >= 4 is 35.0 Å². The van der Waals surface area contributed by atoms with Gasteiger partial charge in [0.15, 0.2) is 0 Å². The quantitative estimate of drug-likeness (QED) is 0.803. The molecule has 0 atom stereocenters. The van der Waals surface area contributed by atoms with E-state index in [0.29, 0.717) is 11.6 Å². The van der Waals surface area contributed by atoms with E-state index in [9.17, 15) is 14.4 Å². The largest absolute Gasteiger partial charge is 0.311 e. The predicted molar refractivity (Wildman–Crippen MR) is 91.3 cm³/mol. The normalized spacial score (nSPS) is 13.2. The summed E-state index contributed by atoms with van der Waals surface area (Å²) in [6.07, 6.45) is 0. The van der Waals surface area contributed by atoms with Crippen molar-refractivity contribution in [3.8, 4) is 0 Å². The van der Waals surface area contributed by atoms with Gasteiger partial charge in [0.25, 0.3) is 11.8 Å². The fraction of sp³-hybridized carbons (Fsp3) is 0.167. The van der Waals surface area contributed by atoms with Crippen molar-refractivity contribution in [3.63, 3.8) is 0 Å². The molecule has 0 aliphatic carbocycles. The van der Waals surface area contributed by atoms with Crippen molar-refractivity contribution in [3.05, 3.63) is 64.7 Å². The zero-order valence-corrected chi connectivity index (χ0v) is 13.8. The smallest absolute Gasteiger partial charge is 0.262 e. The second-order valence-corrected chi connectivity index (χ2v) is 5.80. The number of amides is 3. The van der Waals surface area contributed by atoms with Gasteiger partial charge in [0, 0.05) is 17.3 Å². The van der Waals surface area contributed by atoms with E-state index < -0.39 is 11.8 Å². The summed E-state index contributed by atoms with van der Waals surface area (Å²) in [5, 5.41) is 0.377. The van der Waals surface area contributed by atoms with Crippen molar-refractivity contribution in [1.29, 1.82) is 0 Å². The second-order valence-electron chi connectivity index (χ2n) is 5.36. The van der Waals surface area contributed by atoms with E-state index in [0.717, 1.165) is 10.6 Å². The molecule has 0 spiro atoms. The van der Waals surface area contributed by atoms with Gasteiger partial charge >= 0.3 is 0 Å². The highest BCUT2D eigenvalue weighted by Gasteiger charge is 2.37. The maximum absolute atomic E-state index is 12.6. The molecule has 1 aliphatic rings. The van der Waals surface area contributed by atoms with E-state index >= 15 is 0 Å². The number of benzene rings is 2. The van der Waals surface area contributed by atoms with Crippen LogP contribution in [0.25, 0.3) is 0 Å². The van der Waals surface area contributed by atoms with Crippen molar-refractivity contribution in [2.45, 2.75) is 6.92 Å². The Balaban J connectivity index is 1.83. The molecule has 0 fully saturated rings. The molecule has 122 valence electrons. The van der Waals surface area contributed by atoms with E-state index in [2.05, 4.69) is 0 Å². The van der Waals surface area contributed by atoms with Crippen LogP contribution in [-0.4, -0.2) is 35.7 Å². The number of carbonyl (C=O) groups is 3.